The predicted octanol–water partition coefficient (Wildman–Crippen LogP) is 2.27. The minimum Gasteiger partial charge on any atom is -0.379 e. The smallest absolute Gasteiger partial charge is 0.379 e. The largest absolute Gasteiger partial charge is 0.416 e. The van der Waals surface area contributed by atoms with E-state index in [2.05, 4.69) is 10.2 Å². The molecule has 118 valence electrons. The van der Waals surface area contributed by atoms with Crippen LogP contribution in [0.4, 0.5) is 17.6 Å². The van der Waals surface area contributed by atoms with E-state index in [9.17, 15) is 17.6 Å². The maximum atomic E-state index is 13.0. The number of rotatable bonds is 5. The SMILES string of the molecule is Fc1ccc(CNCCN2CCOCC2)c(C(F)(F)F)c1. The normalized spacial score (nSPS) is 17.1. The Balaban J connectivity index is 1.85. The summed E-state index contributed by atoms with van der Waals surface area (Å²) in [5.74, 6) is -0.876. The molecular weight excluding hydrogens is 288 g/mol. The fourth-order valence-electron chi connectivity index (χ4n) is 2.25. The standard InChI is InChI=1S/C14H18F4N2O/c15-12-2-1-11(13(9-12)14(16,17)18)10-19-3-4-20-5-7-21-8-6-20/h1-2,9,19H,3-8,10H2. The minimum absolute atomic E-state index is 0.0610. The summed E-state index contributed by atoms with van der Waals surface area (Å²) in [7, 11) is 0. The molecule has 1 aliphatic rings. The summed E-state index contributed by atoms with van der Waals surface area (Å²) in [6.45, 7) is 4.46. The van der Waals surface area contributed by atoms with Gasteiger partial charge >= 0.3 is 6.18 Å². The molecule has 1 aromatic carbocycles. The van der Waals surface area contributed by atoms with Crippen molar-refractivity contribution in [2.24, 2.45) is 0 Å². The number of hydrogen-bond donors (Lipinski definition) is 1. The molecule has 3 nitrogen and oxygen atoms in total. The van der Waals surface area contributed by atoms with Crippen LogP contribution in [0.2, 0.25) is 0 Å². The molecule has 0 spiro atoms. The summed E-state index contributed by atoms with van der Waals surface area (Å²) in [5, 5.41) is 2.98. The van der Waals surface area contributed by atoms with E-state index >= 15 is 0 Å². The Morgan fingerprint density at radius 2 is 1.90 bits per heavy atom. The van der Waals surface area contributed by atoms with Crippen molar-refractivity contribution in [3.63, 3.8) is 0 Å². The molecule has 0 aromatic heterocycles. The first-order valence-electron chi connectivity index (χ1n) is 6.83. The van der Waals surface area contributed by atoms with Crippen LogP contribution in [0.1, 0.15) is 11.1 Å². The van der Waals surface area contributed by atoms with Crippen molar-refractivity contribution >= 4 is 0 Å². The van der Waals surface area contributed by atoms with Crippen molar-refractivity contribution in [2.45, 2.75) is 12.7 Å². The summed E-state index contributed by atoms with van der Waals surface area (Å²) in [5.41, 5.74) is -0.854. The van der Waals surface area contributed by atoms with Gasteiger partial charge in [0.05, 0.1) is 18.8 Å². The number of halogens is 4. The van der Waals surface area contributed by atoms with Crippen molar-refractivity contribution in [3.8, 4) is 0 Å². The van der Waals surface area contributed by atoms with Crippen molar-refractivity contribution in [3.05, 3.63) is 35.1 Å². The van der Waals surface area contributed by atoms with E-state index in [1.165, 1.54) is 6.07 Å². The highest BCUT2D eigenvalue weighted by Gasteiger charge is 2.33. The van der Waals surface area contributed by atoms with Gasteiger partial charge in [-0.15, -0.1) is 0 Å². The van der Waals surface area contributed by atoms with Crippen LogP contribution in [0.3, 0.4) is 0 Å². The molecule has 1 N–H and O–H groups in total. The Morgan fingerprint density at radius 1 is 1.19 bits per heavy atom. The van der Waals surface area contributed by atoms with Crippen molar-refractivity contribution in [1.29, 1.82) is 0 Å². The molecule has 1 aromatic rings. The van der Waals surface area contributed by atoms with Gasteiger partial charge in [-0.05, 0) is 17.7 Å². The average Bonchev–Trinajstić information content (AvgIpc) is 2.45. The lowest BCUT2D eigenvalue weighted by atomic mass is 10.1. The lowest BCUT2D eigenvalue weighted by molar-refractivity contribution is -0.138. The van der Waals surface area contributed by atoms with Crippen LogP contribution in [-0.2, 0) is 17.5 Å². The summed E-state index contributed by atoms with van der Waals surface area (Å²) in [4.78, 5) is 2.19. The van der Waals surface area contributed by atoms with Crippen LogP contribution in [0, 0.1) is 5.82 Å². The van der Waals surface area contributed by atoms with Crippen molar-refractivity contribution < 1.29 is 22.3 Å². The van der Waals surface area contributed by atoms with Gasteiger partial charge in [-0.25, -0.2) is 4.39 Å². The second-order valence-corrected chi connectivity index (χ2v) is 4.93. The topological polar surface area (TPSA) is 24.5 Å². The van der Waals surface area contributed by atoms with E-state index in [-0.39, 0.29) is 12.1 Å². The third-order valence-corrected chi connectivity index (χ3v) is 3.40. The van der Waals surface area contributed by atoms with E-state index in [0.29, 0.717) is 25.8 Å². The molecule has 0 aliphatic carbocycles. The fraction of sp³-hybridized carbons (Fsp3) is 0.571. The highest BCUT2D eigenvalue weighted by molar-refractivity contribution is 5.30. The zero-order chi connectivity index (χ0) is 15.3. The molecule has 2 rings (SSSR count). The average molecular weight is 306 g/mol. The van der Waals surface area contributed by atoms with Crippen molar-refractivity contribution in [1.82, 2.24) is 10.2 Å². The maximum absolute atomic E-state index is 13.0. The Hall–Kier alpha value is -1.18. The predicted molar refractivity (Wildman–Crippen MR) is 70.4 cm³/mol. The first kappa shape index (κ1) is 16.2. The van der Waals surface area contributed by atoms with E-state index in [4.69, 9.17) is 4.74 Å². The second kappa shape index (κ2) is 7.20. The van der Waals surface area contributed by atoms with Crippen LogP contribution in [0.5, 0.6) is 0 Å². The zero-order valence-electron chi connectivity index (χ0n) is 11.5. The highest BCUT2D eigenvalue weighted by Crippen LogP contribution is 2.32. The molecule has 1 aliphatic heterocycles. The Bertz CT molecular complexity index is 459. The quantitative estimate of drug-likeness (QED) is 0.667. The lowest BCUT2D eigenvalue weighted by Gasteiger charge is -2.26. The first-order chi connectivity index (χ1) is 9.97. The molecule has 1 saturated heterocycles. The monoisotopic (exact) mass is 306 g/mol. The molecule has 0 saturated carbocycles. The van der Waals surface area contributed by atoms with Crippen LogP contribution in [0.15, 0.2) is 18.2 Å². The van der Waals surface area contributed by atoms with Gasteiger partial charge in [0.1, 0.15) is 5.82 Å². The number of morpholine rings is 1. The maximum Gasteiger partial charge on any atom is 0.416 e. The summed E-state index contributed by atoms with van der Waals surface area (Å²) < 4.78 is 56.6. The second-order valence-electron chi connectivity index (χ2n) is 4.93. The fourth-order valence-corrected chi connectivity index (χ4v) is 2.25. The van der Waals surface area contributed by atoms with Gasteiger partial charge in [-0.2, -0.15) is 13.2 Å². The Morgan fingerprint density at radius 3 is 2.57 bits per heavy atom. The Kier molecular flexibility index (Phi) is 5.55. The third kappa shape index (κ3) is 4.94. The molecule has 0 amide bonds. The number of ether oxygens (including phenoxy) is 1. The van der Waals surface area contributed by atoms with Gasteiger partial charge in [-0.3, -0.25) is 4.90 Å². The van der Waals surface area contributed by atoms with Gasteiger partial charge < -0.3 is 10.1 Å². The van der Waals surface area contributed by atoms with E-state index in [0.717, 1.165) is 25.7 Å². The van der Waals surface area contributed by atoms with E-state index in [1.54, 1.807) is 0 Å². The third-order valence-electron chi connectivity index (χ3n) is 3.40. The van der Waals surface area contributed by atoms with Crippen LogP contribution in [-0.4, -0.2) is 44.3 Å². The molecule has 1 heterocycles. The molecule has 1 fully saturated rings. The number of alkyl halides is 3. The Labute approximate surface area is 120 Å². The van der Waals surface area contributed by atoms with Gasteiger partial charge in [0.2, 0.25) is 0 Å². The van der Waals surface area contributed by atoms with Gasteiger partial charge in [0.15, 0.2) is 0 Å². The summed E-state index contributed by atoms with van der Waals surface area (Å²) in [6.07, 6.45) is -4.54. The zero-order valence-corrected chi connectivity index (χ0v) is 11.5. The van der Waals surface area contributed by atoms with Gasteiger partial charge in [0.25, 0.3) is 0 Å². The summed E-state index contributed by atoms with van der Waals surface area (Å²) in [6, 6.07) is 2.77. The number of nitrogens with one attached hydrogen (secondary N) is 1. The van der Waals surface area contributed by atoms with E-state index < -0.39 is 17.6 Å². The van der Waals surface area contributed by atoms with Crippen molar-refractivity contribution in [2.75, 3.05) is 39.4 Å². The molecule has 7 heteroatoms. The highest BCUT2D eigenvalue weighted by atomic mass is 19.4. The summed E-state index contributed by atoms with van der Waals surface area (Å²) >= 11 is 0. The number of benzene rings is 1. The molecule has 0 radical (unpaired) electrons. The van der Waals surface area contributed by atoms with Crippen LogP contribution >= 0.6 is 0 Å². The van der Waals surface area contributed by atoms with Crippen LogP contribution < -0.4 is 5.32 Å². The molecule has 0 unspecified atom stereocenters. The van der Waals surface area contributed by atoms with Gasteiger partial charge in [0, 0.05) is 32.7 Å². The first-order valence-corrected chi connectivity index (χ1v) is 6.83. The van der Waals surface area contributed by atoms with Gasteiger partial charge in [-0.1, -0.05) is 6.07 Å². The molecule has 0 atom stereocenters. The minimum atomic E-state index is -4.54. The molecule has 0 bridgehead atoms. The molecular formula is C14H18F4N2O. The van der Waals surface area contributed by atoms with E-state index in [1.807, 2.05) is 0 Å². The lowest BCUT2D eigenvalue weighted by Crippen LogP contribution is -2.40. The number of hydrogen-bond acceptors (Lipinski definition) is 3. The molecule has 21 heavy (non-hydrogen) atoms. The van der Waals surface area contributed by atoms with Crippen LogP contribution in [0.25, 0.3) is 0 Å². The number of nitrogens with zero attached hydrogens (tertiary/aromatic N) is 1.